The van der Waals surface area contributed by atoms with Crippen molar-refractivity contribution in [2.24, 2.45) is 0 Å². The molecule has 1 aromatic carbocycles. The van der Waals surface area contributed by atoms with Gasteiger partial charge in [0.15, 0.2) is 0 Å². The molecular formula is C38H46F17NO6SSi. The minimum absolute atomic E-state index is 0.00919. The average molecular weight is 996 g/mol. The van der Waals surface area contributed by atoms with Crippen molar-refractivity contribution in [1.82, 2.24) is 4.31 Å². The zero-order valence-corrected chi connectivity index (χ0v) is 36.5. The molecule has 7 nitrogen and oxygen atoms in total. The van der Waals surface area contributed by atoms with Gasteiger partial charge in [0, 0.05) is 19.5 Å². The highest BCUT2D eigenvalue weighted by Gasteiger charge is 2.95. The van der Waals surface area contributed by atoms with Crippen LogP contribution < -0.4 is 0 Å². The average Bonchev–Trinajstić information content (AvgIpc) is 3.16. The molecule has 0 aliphatic rings. The number of rotatable bonds is 27. The number of hydrogen-bond acceptors (Lipinski definition) is 6. The van der Waals surface area contributed by atoms with Gasteiger partial charge in [0.2, 0.25) is 10.0 Å². The largest absolute Gasteiger partial charge is 0.460 e. The van der Waals surface area contributed by atoms with Gasteiger partial charge in [0.25, 0.3) is 0 Å². The van der Waals surface area contributed by atoms with E-state index in [1.807, 2.05) is 27.7 Å². The molecule has 26 heteroatoms. The van der Waals surface area contributed by atoms with Crippen molar-refractivity contribution in [3.05, 3.63) is 66.8 Å². The van der Waals surface area contributed by atoms with E-state index in [9.17, 15) is 83.1 Å². The van der Waals surface area contributed by atoms with E-state index < -0.39 is 97.2 Å². The third-order valence-electron chi connectivity index (χ3n) is 9.13. The summed E-state index contributed by atoms with van der Waals surface area (Å²) in [5.74, 6) is -52.2. The van der Waals surface area contributed by atoms with Gasteiger partial charge in [-0.3, -0.25) is 0 Å². The lowest BCUT2D eigenvalue weighted by atomic mass is 9.88. The number of halogens is 17. The third kappa shape index (κ3) is 12.6. The fourth-order valence-corrected chi connectivity index (χ4v) is 10.3. The molecule has 0 unspecified atom stereocenters. The normalized spacial score (nSPS) is 14.5. The van der Waals surface area contributed by atoms with Gasteiger partial charge >= 0.3 is 56.2 Å². The number of nitrogens with zero attached hydrogens (tertiary/aromatic N) is 1. The molecule has 0 atom stereocenters. The standard InChI is InChI=1S/C38H46F17NO6SSi/c1-8-19-59-20-9-11-22-61-64(26(2)3,27(4)5)62-23-12-10-21-60-25-29(7)24-56(63(57,58)30-15-13-28(6)14-16-30)18-17-31(39,40)32(41,42)33(43,44)34(45,46)35(47,48)36(49,50)37(51,52)38(53,54)55/h8,10,12-16,26-27H,1,7,17-25H2,2-6H3/b12-10-. The summed E-state index contributed by atoms with van der Waals surface area (Å²) in [5.41, 5.74) is -0.0365. The Kier molecular flexibility index (Phi) is 20.3. The van der Waals surface area contributed by atoms with Crippen molar-refractivity contribution in [3.8, 4) is 11.8 Å². The topological polar surface area (TPSA) is 74.3 Å². The summed E-state index contributed by atoms with van der Waals surface area (Å²) in [6, 6.07) is 4.03. The van der Waals surface area contributed by atoms with Gasteiger partial charge in [-0.2, -0.15) is 78.9 Å². The Morgan fingerprint density at radius 3 is 1.64 bits per heavy atom. The van der Waals surface area contributed by atoms with Crippen LogP contribution in [0, 0.1) is 18.8 Å². The smallest absolute Gasteiger partial charge is 0.390 e. The first-order valence-corrected chi connectivity index (χ1v) is 21.9. The van der Waals surface area contributed by atoms with E-state index in [4.69, 9.17) is 18.3 Å². The van der Waals surface area contributed by atoms with Gasteiger partial charge in [-0.25, -0.2) is 8.42 Å². The van der Waals surface area contributed by atoms with E-state index in [1.54, 1.807) is 6.08 Å². The molecule has 0 spiro atoms. The molecule has 0 aliphatic heterocycles. The molecule has 0 N–H and O–H groups in total. The molecule has 1 aromatic rings. The minimum Gasteiger partial charge on any atom is -0.390 e. The first-order valence-electron chi connectivity index (χ1n) is 18.5. The van der Waals surface area contributed by atoms with E-state index in [0.29, 0.717) is 12.2 Å². The van der Waals surface area contributed by atoms with Crippen molar-refractivity contribution < 1.29 is 101 Å². The molecule has 0 aromatic heterocycles. The first kappa shape index (κ1) is 58.8. The van der Waals surface area contributed by atoms with Crippen LogP contribution in [-0.4, -0.2) is 122 Å². The lowest BCUT2D eigenvalue weighted by Crippen LogP contribution is -2.74. The summed E-state index contributed by atoms with van der Waals surface area (Å²) in [6.07, 6.45) is -6.38. The summed E-state index contributed by atoms with van der Waals surface area (Å²) in [7, 11) is -8.06. The van der Waals surface area contributed by atoms with Crippen LogP contribution in [0.3, 0.4) is 0 Å². The molecule has 0 aliphatic carbocycles. The number of aryl methyl sites for hydroxylation is 1. The van der Waals surface area contributed by atoms with Crippen LogP contribution in [0.15, 0.2) is 66.1 Å². The molecule has 0 amide bonds. The number of hydrogen-bond donors (Lipinski definition) is 0. The van der Waals surface area contributed by atoms with E-state index in [1.165, 1.54) is 19.1 Å². The van der Waals surface area contributed by atoms with Crippen molar-refractivity contribution in [1.29, 1.82) is 0 Å². The predicted molar refractivity (Wildman–Crippen MR) is 201 cm³/mol. The van der Waals surface area contributed by atoms with Gasteiger partial charge in [-0.15, -0.1) is 6.58 Å². The predicted octanol–water partition coefficient (Wildman–Crippen LogP) is 11.0. The molecule has 0 radical (unpaired) electrons. The van der Waals surface area contributed by atoms with Gasteiger partial charge in [-0.1, -0.05) is 82.0 Å². The zero-order valence-electron chi connectivity index (χ0n) is 34.7. The number of benzene rings is 1. The molecule has 0 fully saturated rings. The summed E-state index contributed by atoms with van der Waals surface area (Å²) in [5, 5.41) is 0. The maximum atomic E-state index is 14.9. The Balaban J connectivity index is 3.28. The highest BCUT2D eigenvalue weighted by atomic mass is 32.2. The Morgan fingerprint density at radius 2 is 1.16 bits per heavy atom. The maximum absolute atomic E-state index is 14.9. The summed E-state index contributed by atoms with van der Waals surface area (Å²) in [6.45, 7) is 12.5. The van der Waals surface area contributed by atoms with Crippen LogP contribution in [0.25, 0.3) is 0 Å². The second kappa shape index (κ2) is 22.0. The molecule has 1 rings (SSSR count). The van der Waals surface area contributed by atoms with Crippen LogP contribution in [0.1, 0.15) is 39.7 Å². The summed E-state index contributed by atoms with van der Waals surface area (Å²) >= 11 is 0. The monoisotopic (exact) mass is 995 g/mol. The van der Waals surface area contributed by atoms with Crippen LogP contribution in [0.2, 0.25) is 11.1 Å². The van der Waals surface area contributed by atoms with Gasteiger partial charge < -0.3 is 18.3 Å². The second-order valence-corrected chi connectivity index (χ2v) is 20.8. The maximum Gasteiger partial charge on any atom is 0.460 e. The molecule has 368 valence electrons. The molecule has 64 heavy (non-hydrogen) atoms. The van der Waals surface area contributed by atoms with Crippen molar-refractivity contribution in [3.63, 3.8) is 0 Å². The molecule has 0 saturated carbocycles. The van der Waals surface area contributed by atoms with E-state index >= 15 is 0 Å². The van der Waals surface area contributed by atoms with Crippen LogP contribution in [0.5, 0.6) is 0 Å². The minimum atomic E-state index is -8.79. The van der Waals surface area contributed by atoms with Crippen molar-refractivity contribution in [2.75, 3.05) is 52.7 Å². The van der Waals surface area contributed by atoms with Crippen molar-refractivity contribution >= 4 is 18.6 Å². The third-order valence-corrected chi connectivity index (χ3v) is 15.4. The van der Waals surface area contributed by atoms with Gasteiger partial charge in [0.05, 0.1) is 37.9 Å². The van der Waals surface area contributed by atoms with E-state index in [-0.39, 0.29) is 47.4 Å². The highest BCUT2D eigenvalue weighted by Crippen LogP contribution is 2.64. The Bertz CT molecular complexity index is 1890. The quantitative estimate of drug-likeness (QED) is 0.0287. The highest BCUT2D eigenvalue weighted by molar-refractivity contribution is 7.89. The molecule has 0 heterocycles. The number of ether oxygens (including phenoxy) is 2. The zero-order chi connectivity index (χ0) is 50.0. The van der Waals surface area contributed by atoms with E-state index in [2.05, 4.69) is 25.0 Å². The SMILES string of the molecule is C=CCOCC#CCO[Si](OC/C=C\COCC(=C)CN(CCC(F)(F)C(F)(F)C(F)(F)C(F)(F)C(F)(F)C(F)(F)C(F)(F)C(F)(F)F)S(=O)(=O)c1ccc(C)cc1)(C(C)C)C(C)C. The van der Waals surface area contributed by atoms with Crippen LogP contribution in [0.4, 0.5) is 74.6 Å². The first-order chi connectivity index (χ1) is 28.9. The van der Waals surface area contributed by atoms with Crippen LogP contribution >= 0.6 is 0 Å². The fraction of sp³-hybridized carbons (Fsp3) is 0.632. The Hall–Kier alpha value is -3.22. The summed E-state index contributed by atoms with van der Waals surface area (Å²) in [4.78, 5) is -0.759. The van der Waals surface area contributed by atoms with Gasteiger partial charge in [-0.05, 0) is 35.7 Å². The lowest BCUT2D eigenvalue weighted by molar-refractivity contribution is -0.461. The number of sulfonamides is 1. The summed E-state index contributed by atoms with van der Waals surface area (Å²) < 4.78 is 285. The fourth-order valence-electron chi connectivity index (χ4n) is 5.46. The van der Waals surface area contributed by atoms with Gasteiger partial charge in [0.1, 0.15) is 6.61 Å². The van der Waals surface area contributed by atoms with Crippen molar-refractivity contribution in [2.45, 2.75) is 105 Å². The molecular weight excluding hydrogens is 950 g/mol. The molecule has 0 saturated heterocycles. The molecule has 0 bridgehead atoms. The van der Waals surface area contributed by atoms with Crippen LogP contribution in [-0.2, 0) is 28.3 Å². The Labute approximate surface area is 359 Å². The second-order valence-electron chi connectivity index (χ2n) is 14.6. The lowest BCUT2D eigenvalue weighted by Gasteiger charge is -2.43. The number of alkyl halides is 17. The van der Waals surface area contributed by atoms with E-state index in [0.717, 1.165) is 24.3 Å². The Morgan fingerprint density at radius 1 is 0.688 bits per heavy atom.